The summed E-state index contributed by atoms with van der Waals surface area (Å²) in [4.78, 5) is 26.8. The SMILES string of the molecule is O=C(CCC1CC1)C(=O)Nc1ccc(-c2noc(C(F)(F)F)n2)cc1. The fraction of sp³-hybridized carbons (Fsp3) is 0.375. The van der Waals surface area contributed by atoms with Crippen molar-refractivity contribution >= 4 is 17.4 Å². The minimum Gasteiger partial charge on any atom is -0.329 e. The minimum absolute atomic E-state index is 0.217. The van der Waals surface area contributed by atoms with Gasteiger partial charge in [0.2, 0.25) is 11.6 Å². The lowest BCUT2D eigenvalue weighted by molar-refractivity contribution is -0.159. The molecule has 0 saturated heterocycles. The van der Waals surface area contributed by atoms with Crippen LogP contribution in [-0.2, 0) is 15.8 Å². The van der Waals surface area contributed by atoms with E-state index in [0.717, 1.165) is 19.3 Å². The number of carbonyl (C=O) groups is 2. The summed E-state index contributed by atoms with van der Waals surface area (Å²) in [5.41, 5.74) is 0.644. The van der Waals surface area contributed by atoms with Crippen molar-refractivity contribution in [1.29, 1.82) is 0 Å². The number of Topliss-reactive ketones (excluding diaryl/α,β-unsaturated/α-hetero) is 1. The van der Waals surface area contributed by atoms with Gasteiger partial charge in [-0.3, -0.25) is 9.59 Å². The van der Waals surface area contributed by atoms with Crippen LogP contribution in [0.5, 0.6) is 0 Å². The Morgan fingerprint density at radius 2 is 1.88 bits per heavy atom. The molecule has 0 aliphatic heterocycles. The summed E-state index contributed by atoms with van der Waals surface area (Å²) in [6, 6.07) is 5.75. The van der Waals surface area contributed by atoms with E-state index in [1.807, 2.05) is 0 Å². The third-order valence-corrected chi connectivity index (χ3v) is 3.80. The van der Waals surface area contributed by atoms with Crippen LogP contribution in [0, 0.1) is 5.92 Å². The van der Waals surface area contributed by atoms with E-state index in [2.05, 4.69) is 20.0 Å². The number of anilines is 1. The molecule has 1 heterocycles. The van der Waals surface area contributed by atoms with Crippen molar-refractivity contribution in [2.45, 2.75) is 31.9 Å². The normalized spacial score (nSPS) is 14.4. The van der Waals surface area contributed by atoms with Crippen LogP contribution in [0.2, 0.25) is 0 Å². The molecule has 132 valence electrons. The standard InChI is InChI=1S/C16H14F3N3O3/c17-16(18,19)15-21-13(22-25-15)10-4-6-11(7-5-10)20-14(24)12(23)8-3-9-1-2-9/h4-7,9H,1-3,8H2,(H,20,24). The van der Waals surface area contributed by atoms with Gasteiger partial charge < -0.3 is 9.84 Å². The number of halogens is 3. The Morgan fingerprint density at radius 1 is 1.20 bits per heavy atom. The number of rotatable bonds is 6. The summed E-state index contributed by atoms with van der Waals surface area (Å²) < 4.78 is 41.5. The predicted octanol–water partition coefficient (Wildman–Crippen LogP) is 3.45. The molecule has 1 saturated carbocycles. The zero-order valence-corrected chi connectivity index (χ0v) is 13.0. The smallest absolute Gasteiger partial charge is 0.329 e. The fourth-order valence-corrected chi connectivity index (χ4v) is 2.21. The first-order valence-corrected chi connectivity index (χ1v) is 7.68. The lowest BCUT2D eigenvalue weighted by Crippen LogP contribution is -2.22. The van der Waals surface area contributed by atoms with Crippen LogP contribution in [0.1, 0.15) is 31.6 Å². The lowest BCUT2D eigenvalue weighted by atomic mass is 10.1. The molecule has 1 aliphatic carbocycles. The van der Waals surface area contributed by atoms with Crippen LogP contribution in [0.15, 0.2) is 28.8 Å². The van der Waals surface area contributed by atoms with Crippen molar-refractivity contribution in [1.82, 2.24) is 10.1 Å². The highest BCUT2D eigenvalue weighted by atomic mass is 19.4. The Bertz CT molecular complexity index is 780. The Kier molecular flexibility index (Phi) is 4.56. The molecule has 1 aromatic carbocycles. The van der Waals surface area contributed by atoms with Crippen LogP contribution in [0.3, 0.4) is 0 Å². The molecule has 1 aromatic heterocycles. The van der Waals surface area contributed by atoms with Gasteiger partial charge in [0, 0.05) is 17.7 Å². The lowest BCUT2D eigenvalue weighted by Gasteiger charge is -2.05. The van der Waals surface area contributed by atoms with Crippen molar-refractivity contribution < 1.29 is 27.3 Å². The van der Waals surface area contributed by atoms with Crippen LogP contribution in [-0.4, -0.2) is 21.8 Å². The maximum absolute atomic E-state index is 12.4. The number of ketones is 1. The Balaban J connectivity index is 1.60. The maximum Gasteiger partial charge on any atom is 0.471 e. The van der Waals surface area contributed by atoms with E-state index < -0.39 is 23.8 Å². The van der Waals surface area contributed by atoms with Crippen LogP contribution < -0.4 is 5.32 Å². The predicted molar refractivity (Wildman–Crippen MR) is 80.3 cm³/mol. The summed E-state index contributed by atoms with van der Waals surface area (Å²) in [5, 5.41) is 5.73. The summed E-state index contributed by atoms with van der Waals surface area (Å²) in [6.45, 7) is 0. The highest BCUT2D eigenvalue weighted by Gasteiger charge is 2.38. The van der Waals surface area contributed by atoms with Crippen molar-refractivity contribution in [3.8, 4) is 11.4 Å². The number of aromatic nitrogens is 2. The number of benzene rings is 1. The minimum atomic E-state index is -4.71. The molecule has 1 amide bonds. The molecule has 1 aliphatic rings. The second-order valence-corrected chi connectivity index (χ2v) is 5.86. The molecule has 1 fully saturated rings. The maximum atomic E-state index is 12.4. The van der Waals surface area contributed by atoms with Crippen LogP contribution >= 0.6 is 0 Å². The number of amides is 1. The van der Waals surface area contributed by atoms with Crippen molar-refractivity contribution in [2.75, 3.05) is 5.32 Å². The highest BCUT2D eigenvalue weighted by Crippen LogP contribution is 2.33. The average molecular weight is 353 g/mol. The molecule has 1 N–H and O–H groups in total. The summed E-state index contributed by atoms with van der Waals surface area (Å²) >= 11 is 0. The topological polar surface area (TPSA) is 85.1 Å². The van der Waals surface area contributed by atoms with E-state index in [0.29, 0.717) is 11.6 Å². The molecule has 3 rings (SSSR count). The van der Waals surface area contributed by atoms with E-state index >= 15 is 0 Å². The Morgan fingerprint density at radius 3 is 2.44 bits per heavy atom. The number of hydrogen-bond donors (Lipinski definition) is 1. The summed E-state index contributed by atoms with van der Waals surface area (Å²) in [7, 11) is 0. The third-order valence-electron chi connectivity index (χ3n) is 3.80. The van der Waals surface area contributed by atoms with Crippen molar-refractivity contribution in [3.05, 3.63) is 30.2 Å². The van der Waals surface area contributed by atoms with Crippen LogP contribution in [0.4, 0.5) is 18.9 Å². The van der Waals surface area contributed by atoms with E-state index in [1.54, 1.807) is 0 Å². The van der Waals surface area contributed by atoms with Gasteiger partial charge in [0.1, 0.15) is 0 Å². The third kappa shape index (κ3) is 4.43. The summed E-state index contributed by atoms with van der Waals surface area (Å²) in [5.74, 6) is -2.27. The van der Waals surface area contributed by atoms with Crippen LogP contribution in [0.25, 0.3) is 11.4 Å². The quantitative estimate of drug-likeness (QED) is 0.804. The van der Waals surface area contributed by atoms with E-state index in [-0.39, 0.29) is 17.8 Å². The van der Waals surface area contributed by atoms with E-state index in [1.165, 1.54) is 24.3 Å². The number of nitrogens with zero attached hydrogens (tertiary/aromatic N) is 2. The van der Waals surface area contributed by atoms with Crippen molar-refractivity contribution in [3.63, 3.8) is 0 Å². The number of alkyl halides is 3. The molecular formula is C16H14F3N3O3. The monoisotopic (exact) mass is 353 g/mol. The summed E-state index contributed by atoms with van der Waals surface area (Å²) in [6.07, 6.45) is -1.53. The zero-order valence-electron chi connectivity index (χ0n) is 13.0. The molecule has 0 unspecified atom stereocenters. The molecule has 0 bridgehead atoms. The average Bonchev–Trinajstić information content (AvgIpc) is 3.25. The van der Waals surface area contributed by atoms with Gasteiger partial charge in [-0.15, -0.1) is 0 Å². The second kappa shape index (κ2) is 6.66. The largest absolute Gasteiger partial charge is 0.471 e. The van der Waals surface area contributed by atoms with E-state index in [4.69, 9.17) is 0 Å². The highest BCUT2D eigenvalue weighted by molar-refractivity contribution is 6.40. The number of carbonyl (C=O) groups excluding carboxylic acids is 2. The molecule has 0 spiro atoms. The second-order valence-electron chi connectivity index (χ2n) is 5.86. The molecule has 0 atom stereocenters. The molecule has 25 heavy (non-hydrogen) atoms. The molecule has 0 radical (unpaired) electrons. The van der Waals surface area contributed by atoms with Gasteiger partial charge >= 0.3 is 12.1 Å². The van der Waals surface area contributed by atoms with E-state index in [9.17, 15) is 22.8 Å². The number of nitrogens with one attached hydrogen (secondary N) is 1. The van der Waals surface area contributed by atoms with Crippen molar-refractivity contribution in [2.24, 2.45) is 5.92 Å². The molecule has 9 heteroatoms. The van der Waals surface area contributed by atoms with Gasteiger partial charge in [0.25, 0.3) is 5.91 Å². The van der Waals surface area contributed by atoms with Gasteiger partial charge in [-0.1, -0.05) is 18.0 Å². The first-order chi connectivity index (χ1) is 11.8. The fourth-order valence-electron chi connectivity index (χ4n) is 2.21. The first-order valence-electron chi connectivity index (χ1n) is 7.68. The van der Waals surface area contributed by atoms with Gasteiger partial charge in [0.05, 0.1) is 0 Å². The number of hydrogen-bond acceptors (Lipinski definition) is 5. The van der Waals surface area contributed by atoms with Gasteiger partial charge in [-0.25, -0.2) is 0 Å². The molecular weight excluding hydrogens is 339 g/mol. The van der Waals surface area contributed by atoms with Gasteiger partial charge in [-0.2, -0.15) is 18.2 Å². The Hall–Kier alpha value is -2.71. The van der Waals surface area contributed by atoms with Gasteiger partial charge in [-0.05, 0) is 36.6 Å². The zero-order chi connectivity index (χ0) is 18.0. The van der Waals surface area contributed by atoms with Gasteiger partial charge in [0.15, 0.2) is 0 Å². The molecule has 6 nitrogen and oxygen atoms in total. The Labute approximate surface area is 140 Å². The molecule has 2 aromatic rings. The first kappa shape index (κ1) is 17.1.